The van der Waals surface area contributed by atoms with Gasteiger partial charge in [-0.15, -0.1) is 0 Å². The van der Waals surface area contributed by atoms with E-state index in [9.17, 15) is 4.79 Å². The molecule has 3 saturated heterocycles. The highest BCUT2D eigenvalue weighted by Gasteiger charge is 2.45. The second-order valence-electron chi connectivity index (χ2n) is 6.87. The molecule has 23 heavy (non-hydrogen) atoms. The first-order valence-corrected chi connectivity index (χ1v) is 8.55. The number of nitrogens with zero attached hydrogens (tertiary/aromatic N) is 3. The van der Waals surface area contributed by atoms with Gasteiger partial charge in [-0.1, -0.05) is 0 Å². The predicted molar refractivity (Wildman–Crippen MR) is 84.9 cm³/mol. The number of likely N-dealkylation sites (tertiary alicyclic amines) is 1. The third-order valence-electron chi connectivity index (χ3n) is 5.40. The smallest absolute Gasteiger partial charge is 0.249 e. The number of aromatic nitrogens is 1. The zero-order valence-electron chi connectivity index (χ0n) is 13.7. The third kappa shape index (κ3) is 2.91. The van der Waals surface area contributed by atoms with E-state index < -0.39 is 0 Å². The normalized spacial score (nSPS) is 30.0. The minimum Gasteiger partial charge on any atom is -0.381 e. The lowest BCUT2D eigenvalue weighted by Gasteiger charge is -2.43. The van der Waals surface area contributed by atoms with Crippen LogP contribution in [0.5, 0.6) is 0 Å². The van der Waals surface area contributed by atoms with Gasteiger partial charge in [0.2, 0.25) is 5.91 Å². The zero-order chi connectivity index (χ0) is 15.8. The number of ether oxygens (including phenoxy) is 2. The summed E-state index contributed by atoms with van der Waals surface area (Å²) in [5.74, 6) is 0.152. The maximum atomic E-state index is 12.5. The van der Waals surface area contributed by atoms with Gasteiger partial charge in [0.05, 0.1) is 12.1 Å². The lowest BCUT2D eigenvalue weighted by molar-refractivity contribution is -0.159. The number of amides is 1. The van der Waals surface area contributed by atoms with Crippen LogP contribution >= 0.6 is 0 Å². The number of carbonyl (C=O) groups is 1. The largest absolute Gasteiger partial charge is 0.381 e. The Balaban J connectivity index is 1.47. The number of hydrogen-bond donors (Lipinski definition) is 0. The molecule has 3 aliphatic heterocycles. The Labute approximate surface area is 136 Å². The van der Waals surface area contributed by atoms with Gasteiger partial charge in [-0.2, -0.15) is 0 Å². The van der Waals surface area contributed by atoms with Gasteiger partial charge in [0.25, 0.3) is 0 Å². The number of morpholine rings is 1. The van der Waals surface area contributed by atoms with Crippen LogP contribution in [0.4, 0.5) is 0 Å². The van der Waals surface area contributed by atoms with E-state index in [0.717, 1.165) is 45.7 Å². The van der Waals surface area contributed by atoms with Crippen LogP contribution in [0.3, 0.4) is 0 Å². The number of hydrogen-bond acceptors (Lipinski definition) is 4. The van der Waals surface area contributed by atoms with E-state index in [2.05, 4.69) is 39.7 Å². The first-order chi connectivity index (χ1) is 11.2. The highest BCUT2D eigenvalue weighted by atomic mass is 16.5. The quantitative estimate of drug-likeness (QED) is 0.819. The van der Waals surface area contributed by atoms with Crippen LogP contribution in [0.25, 0.3) is 0 Å². The maximum absolute atomic E-state index is 12.5. The summed E-state index contributed by atoms with van der Waals surface area (Å²) in [6.45, 7) is 4.48. The topological polar surface area (TPSA) is 46.9 Å². The van der Waals surface area contributed by atoms with E-state index in [1.54, 1.807) is 0 Å². The van der Waals surface area contributed by atoms with Gasteiger partial charge < -0.3 is 18.9 Å². The zero-order valence-corrected chi connectivity index (χ0v) is 13.7. The first-order valence-electron chi connectivity index (χ1n) is 8.55. The molecule has 1 aromatic heterocycles. The van der Waals surface area contributed by atoms with E-state index in [-0.39, 0.29) is 24.7 Å². The average Bonchev–Trinajstić information content (AvgIpc) is 3.15. The van der Waals surface area contributed by atoms with Crippen LogP contribution in [0.1, 0.15) is 18.5 Å². The average molecular weight is 319 g/mol. The SMILES string of the molecule is Cn1cccc1CN1C[C@@H]2OCC(=O)N(C3CCOCC3)[C@H]2C1. The summed E-state index contributed by atoms with van der Waals surface area (Å²) in [7, 11) is 2.08. The highest BCUT2D eigenvalue weighted by Crippen LogP contribution is 2.29. The standard InChI is InChI=1S/C17H25N3O3/c1-18-6-2-3-14(18)9-19-10-15-16(11-19)23-12-17(21)20(15)13-4-7-22-8-5-13/h2-3,6,13,15-16H,4-5,7-12H2,1H3/t15-,16-/m0/s1. The van der Waals surface area contributed by atoms with Crippen LogP contribution in [-0.2, 0) is 27.9 Å². The fourth-order valence-electron chi connectivity index (χ4n) is 4.16. The molecule has 1 amide bonds. The molecule has 0 N–H and O–H groups in total. The Morgan fingerprint density at radius 2 is 2.09 bits per heavy atom. The summed E-state index contributed by atoms with van der Waals surface area (Å²) >= 11 is 0. The Hall–Kier alpha value is -1.37. The molecule has 126 valence electrons. The molecular weight excluding hydrogens is 294 g/mol. The highest BCUT2D eigenvalue weighted by molar-refractivity contribution is 5.79. The number of aryl methyl sites for hydroxylation is 1. The van der Waals surface area contributed by atoms with Crippen molar-refractivity contribution in [2.45, 2.75) is 37.6 Å². The van der Waals surface area contributed by atoms with Crippen LogP contribution in [0.15, 0.2) is 18.3 Å². The van der Waals surface area contributed by atoms with Crippen molar-refractivity contribution in [2.24, 2.45) is 7.05 Å². The summed E-state index contributed by atoms with van der Waals surface area (Å²) in [5, 5.41) is 0. The molecule has 0 spiro atoms. The Kier molecular flexibility index (Phi) is 4.13. The van der Waals surface area contributed by atoms with Gasteiger partial charge in [-0.05, 0) is 25.0 Å². The molecule has 4 rings (SSSR count). The van der Waals surface area contributed by atoms with E-state index in [4.69, 9.17) is 9.47 Å². The minimum absolute atomic E-state index is 0.149. The van der Waals surface area contributed by atoms with E-state index in [0.29, 0.717) is 6.04 Å². The monoisotopic (exact) mass is 319 g/mol. The fraction of sp³-hybridized carbons (Fsp3) is 0.706. The molecule has 6 heteroatoms. The summed E-state index contributed by atoms with van der Waals surface area (Å²) < 4.78 is 13.5. The Bertz CT molecular complexity index is 567. The van der Waals surface area contributed by atoms with E-state index >= 15 is 0 Å². The van der Waals surface area contributed by atoms with Gasteiger partial charge in [0.15, 0.2) is 0 Å². The van der Waals surface area contributed by atoms with Crippen LogP contribution in [-0.4, -0.2) is 71.4 Å². The summed E-state index contributed by atoms with van der Waals surface area (Å²) in [6, 6.07) is 4.75. The number of rotatable bonds is 3. The van der Waals surface area contributed by atoms with Gasteiger partial charge in [-0.3, -0.25) is 9.69 Å². The molecule has 4 heterocycles. The van der Waals surface area contributed by atoms with Gasteiger partial charge in [0, 0.05) is 57.8 Å². The fourth-order valence-corrected chi connectivity index (χ4v) is 4.16. The van der Waals surface area contributed by atoms with Crippen molar-refractivity contribution in [1.82, 2.24) is 14.4 Å². The van der Waals surface area contributed by atoms with Crippen molar-refractivity contribution in [1.29, 1.82) is 0 Å². The molecule has 0 radical (unpaired) electrons. The van der Waals surface area contributed by atoms with Crippen molar-refractivity contribution in [3.63, 3.8) is 0 Å². The maximum Gasteiger partial charge on any atom is 0.249 e. The van der Waals surface area contributed by atoms with Gasteiger partial charge >= 0.3 is 0 Å². The third-order valence-corrected chi connectivity index (χ3v) is 5.40. The summed E-state index contributed by atoms with van der Waals surface area (Å²) in [4.78, 5) is 17.0. The van der Waals surface area contributed by atoms with Crippen molar-refractivity contribution in [2.75, 3.05) is 32.9 Å². The lowest BCUT2D eigenvalue weighted by Crippen LogP contribution is -2.58. The number of carbonyl (C=O) groups excluding carboxylic acids is 1. The van der Waals surface area contributed by atoms with Crippen LogP contribution in [0.2, 0.25) is 0 Å². The second-order valence-corrected chi connectivity index (χ2v) is 6.87. The molecule has 6 nitrogen and oxygen atoms in total. The molecule has 1 aromatic rings. The molecule has 0 unspecified atom stereocenters. The minimum atomic E-state index is 0.149. The summed E-state index contributed by atoms with van der Waals surface area (Å²) in [5.41, 5.74) is 1.30. The van der Waals surface area contributed by atoms with E-state index in [1.165, 1.54) is 5.69 Å². The molecule has 0 aromatic carbocycles. The summed E-state index contributed by atoms with van der Waals surface area (Å²) in [6.07, 6.45) is 4.13. The lowest BCUT2D eigenvalue weighted by atomic mass is 10.0. The molecule has 3 aliphatic rings. The molecule has 2 atom stereocenters. The molecule has 3 fully saturated rings. The molecular formula is C17H25N3O3. The van der Waals surface area contributed by atoms with Crippen LogP contribution in [0, 0.1) is 0 Å². The van der Waals surface area contributed by atoms with Crippen molar-refractivity contribution >= 4 is 5.91 Å². The Morgan fingerprint density at radius 3 is 2.83 bits per heavy atom. The first kappa shape index (κ1) is 15.2. The Morgan fingerprint density at radius 1 is 1.26 bits per heavy atom. The predicted octanol–water partition coefficient (Wildman–Crippen LogP) is 0.616. The molecule has 0 aliphatic carbocycles. The number of fused-ring (bicyclic) bond motifs is 1. The molecule has 0 saturated carbocycles. The van der Waals surface area contributed by atoms with Gasteiger partial charge in [-0.25, -0.2) is 0 Å². The van der Waals surface area contributed by atoms with Gasteiger partial charge in [0.1, 0.15) is 6.61 Å². The molecule has 0 bridgehead atoms. The van der Waals surface area contributed by atoms with Crippen molar-refractivity contribution in [3.05, 3.63) is 24.0 Å². The second kappa shape index (κ2) is 6.26. The van der Waals surface area contributed by atoms with E-state index in [1.807, 2.05) is 0 Å². The van der Waals surface area contributed by atoms with Crippen molar-refractivity contribution < 1.29 is 14.3 Å². The van der Waals surface area contributed by atoms with Crippen molar-refractivity contribution in [3.8, 4) is 0 Å². The van der Waals surface area contributed by atoms with Crippen LogP contribution < -0.4 is 0 Å².